The van der Waals surface area contributed by atoms with Crippen molar-refractivity contribution in [3.63, 3.8) is 0 Å². The van der Waals surface area contributed by atoms with E-state index in [0.717, 1.165) is 12.1 Å². The van der Waals surface area contributed by atoms with Gasteiger partial charge in [-0.15, -0.1) is 0 Å². The predicted octanol–water partition coefficient (Wildman–Crippen LogP) is 2.07. The lowest BCUT2D eigenvalue weighted by atomic mass is 10.1. The van der Waals surface area contributed by atoms with Crippen LogP contribution in [0.4, 0.5) is 14.5 Å². The van der Waals surface area contributed by atoms with Crippen molar-refractivity contribution in [2.45, 2.75) is 11.3 Å². The number of hydrogen-bond donors (Lipinski definition) is 2. The van der Waals surface area contributed by atoms with Gasteiger partial charge < -0.3 is 5.73 Å². The number of sulfonamides is 1. The molecule has 0 atom stereocenters. The van der Waals surface area contributed by atoms with Gasteiger partial charge in [-0.3, -0.25) is 0 Å². The average molecular weight is 312 g/mol. The first kappa shape index (κ1) is 15.4. The highest BCUT2D eigenvalue weighted by molar-refractivity contribution is 7.89. The fourth-order valence-electron chi connectivity index (χ4n) is 1.84. The van der Waals surface area contributed by atoms with Crippen molar-refractivity contribution in [3.8, 4) is 0 Å². The third-order valence-electron chi connectivity index (χ3n) is 2.86. The lowest BCUT2D eigenvalue weighted by molar-refractivity contribution is 0.578. The van der Waals surface area contributed by atoms with Crippen LogP contribution in [0, 0.1) is 11.6 Å². The highest BCUT2D eigenvalue weighted by atomic mass is 32.2. The van der Waals surface area contributed by atoms with Gasteiger partial charge in [0.2, 0.25) is 10.0 Å². The normalized spacial score (nSPS) is 11.5. The first-order valence-electron chi connectivity index (χ1n) is 6.17. The maximum atomic E-state index is 13.1. The number of nitrogens with two attached hydrogens (primary N) is 1. The van der Waals surface area contributed by atoms with Crippen LogP contribution in [0.5, 0.6) is 0 Å². The Bertz CT molecular complexity index is 748. The summed E-state index contributed by atoms with van der Waals surface area (Å²) in [4.78, 5) is -0.304. The zero-order valence-corrected chi connectivity index (χ0v) is 11.8. The molecular formula is C14H14F2N2O2S. The van der Waals surface area contributed by atoms with E-state index < -0.39 is 15.8 Å². The lowest BCUT2D eigenvalue weighted by Gasteiger charge is -2.09. The molecule has 2 aromatic rings. The Morgan fingerprint density at radius 1 is 1.05 bits per heavy atom. The van der Waals surface area contributed by atoms with Crippen LogP contribution in [0.3, 0.4) is 0 Å². The van der Waals surface area contributed by atoms with Crippen LogP contribution in [-0.4, -0.2) is 15.0 Å². The molecule has 0 saturated carbocycles. The maximum absolute atomic E-state index is 13.1. The molecule has 3 N–H and O–H groups in total. The third-order valence-corrected chi connectivity index (χ3v) is 4.38. The van der Waals surface area contributed by atoms with Crippen molar-refractivity contribution in [2.75, 3.05) is 12.3 Å². The fourth-order valence-corrected chi connectivity index (χ4v) is 3.01. The van der Waals surface area contributed by atoms with E-state index in [4.69, 9.17) is 5.73 Å². The summed E-state index contributed by atoms with van der Waals surface area (Å²) in [5, 5.41) is 0. The molecule has 21 heavy (non-hydrogen) atoms. The molecule has 0 unspecified atom stereocenters. The van der Waals surface area contributed by atoms with Crippen LogP contribution >= 0.6 is 0 Å². The van der Waals surface area contributed by atoms with Gasteiger partial charge in [0, 0.05) is 6.54 Å². The summed E-state index contributed by atoms with van der Waals surface area (Å²) in [6.07, 6.45) is 0.312. The molecule has 0 aliphatic rings. The van der Waals surface area contributed by atoms with Crippen LogP contribution in [0.25, 0.3) is 0 Å². The molecule has 0 saturated heterocycles. The first-order valence-corrected chi connectivity index (χ1v) is 7.66. The van der Waals surface area contributed by atoms with E-state index in [1.807, 2.05) is 0 Å². The number of anilines is 1. The molecule has 0 spiro atoms. The molecule has 0 bridgehead atoms. The zero-order valence-electron chi connectivity index (χ0n) is 11.0. The summed E-state index contributed by atoms with van der Waals surface area (Å²) in [6.45, 7) is 0.0573. The summed E-state index contributed by atoms with van der Waals surface area (Å²) >= 11 is 0. The molecule has 4 nitrogen and oxygen atoms in total. The van der Waals surface area contributed by atoms with Crippen LogP contribution in [0.15, 0.2) is 47.4 Å². The number of hydrogen-bond acceptors (Lipinski definition) is 3. The Hall–Kier alpha value is -1.99. The van der Waals surface area contributed by atoms with Crippen molar-refractivity contribution < 1.29 is 17.2 Å². The molecule has 0 fully saturated rings. The van der Waals surface area contributed by atoms with Gasteiger partial charge in [-0.25, -0.2) is 21.9 Å². The summed E-state index contributed by atoms with van der Waals surface area (Å²) in [5.74, 6) is -1.07. The Morgan fingerprint density at radius 3 is 2.48 bits per heavy atom. The largest absolute Gasteiger partial charge is 0.398 e. The van der Waals surface area contributed by atoms with Crippen LogP contribution in [0.2, 0.25) is 0 Å². The second-order valence-corrected chi connectivity index (χ2v) is 6.20. The van der Waals surface area contributed by atoms with Gasteiger partial charge in [0.15, 0.2) is 0 Å². The first-order chi connectivity index (χ1) is 9.88. The minimum Gasteiger partial charge on any atom is -0.398 e. The predicted molar refractivity (Wildman–Crippen MR) is 76.1 cm³/mol. The number of nitrogens with one attached hydrogen (secondary N) is 1. The number of halogens is 2. The monoisotopic (exact) mass is 312 g/mol. The Kier molecular flexibility index (Phi) is 4.54. The minimum absolute atomic E-state index is 0.0327. The quantitative estimate of drug-likeness (QED) is 0.830. The molecule has 112 valence electrons. The summed E-state index contributed by atoms with van der Waals surface area (Å²) in [5.41, 5.74) is 6.17. The van der Waals surface area contributed by atoms with Gasteiger partial charge in [0.05, 0.1) is 5.69 Å². The van der Waals surface area contributed by atoms with E-state index in [0.29, 0.717) is 12.0 Å². The molecule has 0 radical (unpaired) electrons. The number of rotatable bonds is 5. The molecule has 0 amide bonds. The average Bonchev–Trinajstić information content (AvgIpc) is 2.41. The zero-order chi connectivity index (χ0) is 15.5. The van der Waals surface area contributed by atoms with Crippen molar-refractivity contribution in [2.24, 2.45) is 0 Å². The van der Waals surface area contributed by atoms with Crippen molar-refractivity contribution in [1.29, 1.82) is 0 Å². The maximum Gasteiger partial charge on any atom is 0.242 e. The van der Waals surface area contributed by atoms with Crippen LogP contribution < -0.4 is 10.5 Å². The van der Waals surface area contributed by atoms with Crippen LogP contribution in [0.1, 0.15) is 5.56 Å². The molecule has 2 rings (SSSR count). The van der Waals surface area contributed by atoms with E-state index >= 15 is 0 Å². The highest BCUT2D eigenvalue weighted by Gasteiger charge is 2.17. The smallest absolute Gasteiger partial charge is 0.242 e. The summed E-state index contributed by atoms with van der Waals surface area (Å²) in [6, 6.07) is 9.00. The van der Waals surface area contributed by atoms with Gasteiger partial charge in [0.1, 0.15) is 16.5 Å². The van der Waals surface area contributed by atoms with Crippen LogP contribution in [-0.2, 0) is 16.4 Å². The minimum atomic E-state index is -3.90. The molecule has 0 heterocycles. The van der Waals surface area contributed by atoms with Crippen molar-refractivity contribution in [1.82, 2.24) is 4.72 Å². The molecular weight excluding hydrogens is 298 g/mol. The molecule has 7 heteroatoms. The SMILES string of the molecule is Nc1ccc(F)cc1S(=O)(=O)NCCc1cccc(F)c1. The molecule has 2 aromatic carbocycles. The topological polar surface area (TPSA) is 72.2 Å². The number of nitrogen functional groups attached to an aromatic ring is 1. The lowest BCUT2D eigenvalue weighted by Crippen LogP contribution is -2.26. The van der Waals surface area contributed by atoms with Crippen molar-refractivity contribution >= 4 is 15.7 Å². The second-order valence-electron chi connectivity index (χ2n) is 4.46. The standard InChI is InChI=1S/C14H14F2N2O2S/c15-11-3-1-2-10(8-11)6-7-18-21(19,20)14-9-12(16)4-5-13(14)17/h1-5,8-9,18H,6-7,17H2. The summed E-state index contributed by atoms with van der Waals surface area (Å²) in [7, 11) is -3.90. The van der Waals surface area contributed by atoms with Gasteiger partial charge in [-0.1, -0.05) is 12.1 Å². The van der Waals surface area contributed by atoms with E-state index in [9.17, 15) is 17.2 Å². The third kappa shape index (κ3) is 3.99. The highest BCUT2D eigenvalue weighted by Crippen LogP contribution is 2.19. The van der Waals surface area contributed by atoms with Gasteiger partial charge >= 0.3 is 0 Å². The Morgan fingerprint density at radius 2 is 1.76 bits per heavy atom. The van der Waals surface area contributed by atoms with Gasteiger partial charge in [-0.2, -0.15) is 0 Å². The van der Waals surface area contributed by atoms with E-state index in [2.05, 4.69) is 4.72 Å². The van der Waals surface area contributed by atoms with E-state index in [1.54, 1.807) is 12.1 Å². The summed E-state index contributed by atoms with van der Waals surface area (Å²) < 4.78 is 52.5. The Balaban J connectivity index is 2.06. The number of benzene rings is 2. The van der Waals surface area contributed by atoms with Crippen molar-refractivity contribution in [3.05, 3.63) is 59.7 Å². The Labute approximate surface area is 121 Å². The molecule has 0 aromatic heterocycles. The fraction of sp³-hybridized carbons (Fsp3) is 0.143. The van der Waals surface area contributed by atoms with Gasteiger partial charge in [-0.05, 0) is 42.3 Å². The molecule has 0 aliphatic heterocycles. The van der Waals surface area contributed by atoms with Gasteiger partial charge in [0.25, 0.3) is 0 Å². The second kappa shape index (κ2) is 6.19. The molecule has 0 aliphatic carbocycles. The van der Waals surface area contributed by atoms with E-state index in [-0.39, 0.29) is 22.9 Å². The van der Waals surface area contributed by atoms with E-state index in [1.165, 1.54) is 18.2 Å².